The van der Waals surface area contributed by atoms with Crippen molar-refractivity contribution < 1.29 is 9.59 Å². The van der Waals surface area contributed by atoms with Crippen molar-refractivity contribution in [1.82, 2.24) is 15.2 Å². The van der Waals surface area contributed by atoms with Crippen LogP contribution in [0, 0.1) is 5.92 Å². The molecule has 2 aromatic rings. The van der Waals surface area contributed by atoms with Gasteiger partial charge in [-0.15, -0.1) is 11.3 Å². The second kappa shape index (κ2) is 10.7. The predicted molar refractivity (Wildman–Crippen MR) is 121 cm³/mol. The summed E-state index contributed by atoms with van der Waals surface area (Å²) in [4.78, 5) is 30.8. The Morgan fingerprint density at radius 1 is 1.20 bits per heavy atom. The number of nitrogens with one attached hydrogen (secondary N) is 2. The zero-order chi connectivity index (χ0) is 21.5. The molecule has 2 N–H and O–H groups in total. The van der Waals surface area contributed by atoms with Gasteiger partial charge in [-0.05, 0) is 37.4 Å². The van der Waals surface area contributed by atoms with Crippen LogP contribution in [0.25, 0.3) is 0 Å². The van der Waals surface area contributed by atoms with Gasteiger partial charge in [-0.25, -0.2) is 4.98 Å². The van der Waals surface area contributed by atoms with Crippen molar-refractivity contribution in [3.05, 3.63) is 46.5 Å². The van der Waals surface area contributed by atoms with Crippen molar-refractivity contribution in [2.24, 2.45) is 5.92 Å². The van der Waals surface area contributed by atoms with Crippen molar-refractivity contribution in [2.75, 3.05) is 11.9 Å². The van der Waals surface area contributed by atoms with E-state index in [1.54, 1.807) is 0 Å². The lowest BCUT2D eigenvalue weighted by atomic mass is 10.0. The molecule has 2 amide bonds. The van der Waals surface area contributed by atoms with Gasteiger partial charge >= 0.3 is 0 Å². The fraction of sp³-hybridized carbons (Fsp3) is 0.522. The van der Waals surface area contributed by atoms with Crippen molar-refractivity contribution in [3.8, 4) is 0 Å². The van der Waals surface area contributed by atoms with Crippen molar-refractivity contribution in [1.29, 1.82) is 0 Å². The zero-order valence-corrected chi connectivity index (χ0v) is 18.9. The summed E-state index contributed by atoms with van der Waals surface area (Å²) in [6.07, 6.45) is 4.12. The van der Waals surface area contributed by atoms with Gasteiger partial charge in [0.2, 0.25) is 11.8 Å². The number of carbonyl (C=O) groups is 2. The third-order valence-electron chi connectivity index (χ3n) is 5.49. The molecule has 1 aliphatic heterocycles. The molecule has 7 heteroatoms. The molecule has 1 saturated heterocycles. The molecule has 6 nitrogen and oxygen atoms in total. The number of anilines is 1. The topological polar surface area (TPSA) is 74.3 Å². The van der Waals surface area contributed by atoms with E-state index in [4.69, 9.17) is 0 Å². The molecule has 0 saturated carbocycles. The van der Waals surface area contributed by atoms with Gasteiger partial charge in [0, 0.05) is 30.4 Å². The predicted octanol–water partition coefficient (Wildman–Crippen LogP) is 3.97. The van der Waals surface area contributed by atoms with Gasteiger partial charge in [-0.3, -0.25) is 14.5 Å². The molecule has 1 aliphatic rings. The first-order valence-corrected chi connectivity index (χ1v) is 11.6. The Kier molecular flexibility index (Phi) is 7.99. The summed E-state index contributed by atoms with van der Waals surface area (Å²) in [6, 6.07) is 9.15. The van der Waals surface area contributed by atoms with Gasteiger partial charge < -0.3 is 10.6 Å². The number of piperidine rings is 1. The van der Waals surface area contributed by atoms with E-state index in [9.17, 15) is 9.59 Å². The average Bonchev–Trinajstić information content (AvgIpc) is 3.15. The third-order valence-corrected chi connectivity index (χ3v) is 6.29. The number of nitrogens with zero attached hydrogens (tertiary/aromatic N) is 2. The average molecular weight is 429 g/mol. The van der Waals surface area contributed by atoms with E-state index in [2.05, 4.69) is 51.7 Å². The quantitative estimate of drug-likeness (QED) is 0.667. The summed E-state index contributed by atoms with van der Waals surface area (Å²) < 4.78 is 0. The van der Waals surface area contributed by atoms with Crippen LogP contribution in [0.5, 0.6) is 0 Å². The molecular formula is C23H32N4O2S. The molecule has 0 radical (unpaired) electrons. The van der Waals surface area contributed by atoms with Gasteiger partial charge in [-0.1, -0.05) is 44.5 Å². The molecule has 1 aromatic heterocycles. The number of hydrogen-bond donors (Lipinski definition) is 2. The normalized spacial score (nSPS) is 17.1. The number of likely N-dealkylation sites (tertiary alicyclic amines) is 1. The second-order valence-electron chi connectivity index (χ2n) is 8.37. The summed E-state index contributed by atoms with van der Waals surface area (Å²) in [5.74, 6) is -0.248. The number of aromatic nitrogens is 1. The Bertz CT molecular complexity index is 847. The Morgan fingerprint density at radius 2 is 1.93 bits per heavy atom. The van der Waals surface area contributed by atoms with Crippen molar-refractivity contribution in [3.63, 3.8) is 0 Å². The molecular weight excluding hydrogens is 396 g/mol. The van der Waals surface area contributed by atoms with Gasteiger partial charge in [0.25, 0.3) is 0 Å². The highest BCUT2D eigenvalue weighted by atomic mass is 32.1. The van der Waals surface area contributed by atoms with E-state index in [1.165, 1.54) is 42.7 Å². The maximum Gasteiger partial charge on any atom is 0.228 e. The van der Waals surface area contributed by atoms with E-state index in [0.717, 1.165) is 12.1 Å². The number of amides is 2. The Labute approximate surface area is 183 Å². The zero-order valence-electron chi connectivity index (χ0n) is 18.1. The third kappa shape index (κ3) is 6.64. The van der Waals surface area contributed by atoms with Gasteiger partial charge in [-0.2, -0.15) is 0 Å². The molecule has 2 heterocycles. The summed E-state index contributed by atoms with van der Waals surface area (Å²) >= 11 is 1.34. The highest BCUT2D eigenvalue weighted by molar-refractivity contribution is 7.13. The number of hydrogen-bond acceptors (Lipinski definition) is 5. The van der Waals surface area contributed by atoms with Crippen LogP contribution < -0.4 is 10.6 Å². The van der Waals surface area contributed by atoms with Crippen LogP contribution in [0.3, 0.4) is 0 Å². The largest absolute Gasteiger partial charge is 0.352 e. The highest BCUT2D eigenvalue weighted by Gasteiger charge is 2.18. The number of benzene rings is 1. The van der Waals surface area contributed by atoms with Crippen molar-refractivity contribution in [2.45, 2.75) is 65.6 Å². The summed E-state index contributed by atoms with van der Waals surface area (Å²) in [6.45, 7) is 8.65. The Hall–Kier alpha value is -2.25. The lowest BCUT2D eigenvalue weighted by Crippen LogP contribution is -2.36. The molecule has 0 aliphatic carbocycles. The van der Waals surface area contributed by atoms with E-state index in [0.29, 0.717) is 23.4 Å². The van der Waals surface area contributed by atoms with Crippen LogP contribution in [-0.2, 0) is 29.1 Å². The molecule has 1 fully saturated rings. The van der Waals surface area contributed by atoms with Crippen LogP contribution in [0.4, 0.5) is 5.13 Å². The molecule has 0 bridgehead atoms. The molecule has 30 heavy (non-hydrogen) atoms. The van der Waals surface area contributed by atoms with E-state index >= 15 is 0 Å². The van der Waals surface area contributed by atoms with Crippen molar-refractivity contribution >= 4 is 28.3 Å². The molecule has 0 spiro atoms. The van der Waals surface area contributed by atoms with Gasteiger partial charge in [0.05, 0.1) is 12.1 Å². The van der Waals surface area contributed by atoms with Crippen LogP contribution in [0.15, 0.2) is 29.6 Å². The smallest absolute Gasteiger partial charge is 0.228 e. The summed E-state index contributed by atoms with van der Waals surface area (Å²) in [5.41, 5.74) is 3.07. The number of thiazole rings is 1. The lowest BCUT2D eigenvalue weighted by Gasteiger charge is -2.33. The van der Waals surface area contributed by atoms with Crippen LogP contribution in [0.2, 0.25) is 0 Å². The maximum atomic E-state index is 12.3. The Morgan fingerprint density at radius 3 is 2.63 bits per heavy atom. The monoisotopic (exact) mass is 428 g/mol. The SMILES string of the molecule is CC(C)C(=O)Nc1nc(CC(=O)NCc2ccc(CN3CCCCC3C)cc2)cs1. The molecule has 3 rings (SSSR count). The van der Waals surface area contributed by atoms with Crippen LogP contribution >= 0.6 is 11.3 Å². The van der Waals surface area contributed by atoms with E-state index < -0.39 is 0 Å². The minimum absolute atomic E-state index is 0.0708. The highest BCUT2D eigenvalue weighted by Crippen LogP contribution is 2.19. The second-order valence-corrected chi connectivity index (χ2v) is 9.23. The fourth-order valence-electron chi connectivity index (χ4n) is 3.51. The molecule has 162 valence electrons. The Balaban J connectivity index is 1.43. The number of carbonyl (C=O) groups excluding carboxylic acids is 2. The first-order valence-electron chi connectivity index (χ1n) is 10.7. The van der Waals surface area contributed by atoms with Crippen LogP contribution in [-0.4, -0.2) is 34.3 Å². The van der Waals surface area contributed by atoms with Gasteiger partial charge in [0.1, 0.15) is 0 Å². The minimum atomic E-state index is -0.102. The van der Waals surface area contributed by atoms with Crippen LogP contribution in [0.1, 0.15) is 56.9 Å². The lowest BCUT2D eigenvalue weighted by molar-refractivity contribution is -0.120. The maximum absolute atomic E-state index is 12.3. The molecule has 1 unspecified atom stereocenters. The first-order chi connectivity index (χ1) is 14.4. The summed E-state index contributed by atoms with van der Waals surface area (Å²) in [5, 5.41) is 8.06. The molecule has 1 atom stereocenters. The minimum Gasteiger partial charge on any atom is -0.352 e. The van der Waals surface area contributed by atoms with Gasteiger partial charge in [0.15, 0.2) is 5.13 Å². The number of rotatable bonds is 8. The van der Waals surface area contributed by atoms with E-state index in [1.807, 2.05) is 19.2 Å². The molecule has 1 aromatic carbocycles. The summed E-state index contributed by atoms with van der Waals surface area (Å²) in [7, 11) is 0. The van der Waals surface area contributed by atoms with E-state index in [-0.39, 0.29) is 24.2 Å². The standard InChI is InChI=1S/C23H32N4O2S/c1-16(2)22(29)26-23-25-20(15-30-23)12-21(28)24-13-18-7-9-19(10-8-18)14-27-11-5-4-6-17(27)3/h7-10,15-17H,4-6,11-14H2,1-3H3,(H,24,28)(H,25,26,29). The fourth-order valence-corrected chi connectivity index (χ4v) is 4.23. The first kappa shape index (κ1) is 22.4.